The Morgan fingerprint density at radius 2 is 1.95 bits per heavy atom. The van der Waals surface area contributed by atoms with Crippen molar-refractivity contribution in [2.24, 2.45) is 11.8 Å². The Bertz CT molecular complexity index is 756. The minimum absolute atomic E-state index is 0.298. The van der Waals surface area contributed by atoms with Gasteiger partial charge >= 0.3 is 0 Å². The molecular weight excluding hydrogens is 268 g/mol. The van der Waals surface area contributed by atoms with Crippen LogP contribution >= 0.6 is 0 Å². The van der Waals surface area contributed by atoms with Crippen molar-refractivity contribution < 1.29 is 0 Å². The number of fused-ring (bicyclic) bond motifs is 5. The third-order valence-electron chi connectivity index (χ3n) is 7.24. The van der Waals surface area contributed by atoms with Crippen LogP contribution < -0.4 is 5.32 Å². The van der Waals surface area contributed by atoms with Gasteiger partial charge in [0.25, 0.3) is 0 Å². The summed E-state index contributed by atoms with van der Waals surface area (Å²) in [7, 11) is 0. The van der Waals surface area contributed by atoms with E-state index in [0.29, 0.717) is 17.0 Å². The number of benzene rings is 1. The van der Waals surface area contributed by atoms with Crippen LogP contribution in [0.25, 0.3) is 10.9 Å². The first kappa shape index (κ1) is 13.2. The van der Waals surface area contributed by atoms with Gasteiger partial charge in [-0.25, -0.2) is 0 Å². The van der Waals surface area contributed by atoms with E-state index >= 15 is 0 Å². The molecule has 3 unspecified atom stereocenters. The Kier molecular flexibility index (Phi) is 2.38. The van der Waals surface area contributed by atoms with Crippen molar-refractivity contribution in [1.82, 2.24) is 10.3 Å². The molecule has 2 aliphatic carbocycles. The molecule has 3 aliphatic rings. The van der Waals surface area contributed by atoms with E-state index in [1.165, 1.54) is 36.6 Å². The fourth-order valence-electron chi connectivity index (χ4n) is 5.93. The van der Waals surface area contributed by atoms with Gasteiger partial charge in [-0.1, -0.05) is 25.1 Å². The normalized spacial score (nSPS) is 38.8. The lowest BCUT2D eigenvalue weighted by Gasteiger charge is -2.59. The molecule has 2 nitrogen and oxygen atoms in total. The van der Waals surface area contributed by atoms with E-state index in [0.717, 1.165) is 11.8 Å². The van der Waals surface area contributed by atoms with Gasteiger partial charge in [0.05, 0.1) is 0 Å². The van der Waals surface area contributed by atoms with E-state index in [4.69, 9.17) is 0 Å². The molecule has 2 fully saturated rings. The summed E-state index contributed by atoms with van der Waals surface area (Å²) in [6.45, 7) is 7.36. The predicted molar refractivity (Wildman–Crippen MR) is 91.2 cm³/mol. The van der Waals surface area contributed by atoms with Gasteiger partial charge in [-0.2, -0.15) is 0 Å². The van der Waals surface area contributed by atoms with Crippen molar-refractivity contribution >= 4 is 10.9 Å². The SMILES string of the molecule is CC1(C)NC2Cc3c([nH]c4ccccc34)[C@]3(C)CCC1CC23. The number of nitrogens with one attached hydrogen (secondary N) is 2. The van der Waals surface area contributed by atoms with E-state index in [2.05, 4.69) is 55.3 Å². The Balaban J connectivity index is 1.73. The highest BCUT2D eigenvalue weighted by molar-refractivity contribution is 5.85. The molecule has 2 bridgehead atoms. The third kappa shape index (κ3) is 1.49. The molecule has 1 aromatic carbocycles. The maximum atomic E-state index is 4.03. The summed E-state index contributed by atoms with van der Waals surface area (Å²) in [6, 6.07) is 9.51. The number of piperidine rings is 1. The first-order valence-electron chi connectivity index (χ1n) is 8.87. The highest BCUT2D eigenvalue weighted by Gasteiger charge is 2.55. The van der Waals surface area contributed by atoms with Crippen LogP contribution in [0.2, 0.25) is 0 Å². The van der Waals surface area contributed by atoms with Gasteiger partial charge in [0.15, 0.2) is 0 Å². The lowest BCUT2D eigenvalue weighted by molar-refractivity contribution is -0.000788. The van der Waals surface area contributed by atoms with Gasteiger partial charge in [0.2, 0.25) is 0 Å². The number of H-pyrrole nitrogens is 1. The molecule has 2 N–H and O–H groups in total. The molecular formula is C20H26N2. The van der Waals surface area contributed by atoms with Crippen molar-refractivity contribution in [3.63, 3.8) is 0 Å². The third-order valence-corrected chi connectivity index (χ3v) is 7.24. The lowest BCUT2D eigenvalue weighted by Crippen LogP contribution is -2.66. The first-order valence-corrected chi connectivity index (χ1v) is 8.87. The van der Waals surface area contributed by atoms with E-state index in [1.807, 2.05) is 0 Å². The summed E-state index contributed by atoms with van der Waals surface area (Å²) in [4.78, 5) is 3.81. The van der Waals surface area contributed by atoms with Crippen molar-refractivity contribution in [3.8, 4) is 0 Å². The number of hydrogen-bond acceptors (Lipinski definition) is 1. The molecule has 4 atom stereocenters. The first-order chi connectivity index (χ1) is 10.5. The van der Waals surface area contributed by atoms with Gasteiger partial charge in [-0.05, 0) is 63.0 Å². The van der Waals surface area contributed by atoms with Crippen LogP contribution in [0.15, 0.2) is 24.3 Å². The second-order valence-corrected chi connectivity index (χ2v) is 8.70. The zero-order valence-electron chi connectivity index (χ0n) is 13.9. The topological polar surface area (TPSA) is 27.8 Å². The summed E-state index contributed by atoms with van der Waals surface area (Å²) >= 11 is 0. The van der Waals surface area contributed by atoms with Gasteiger partial charge in [0, 0.05) is 33.6 Å². The highest BCUT2D eigenvalue weighted by Crippen LogP contribution is 2.56. The fraction of sp³-hybridized carbons (Fsp3) is 0.600. The van der Waals surface area contributed by atoms with Crippen LogP contribution in [0, 0.1) is 11.8 Å². The standard InChI is InChI=1S/C20H26N2/c1-19(2)12-8-9-20(3)15(10-12)17(22-19)11-14-13-6-4-5-7-16(13)21-18(14)20/h4-7,12,15,17,21-22H,8-11H2,1-3H3/t12?,15?,17?,20-/m1/s1. The van der Waals surface area contributed by atoms with Crippen molar-refractivity contribution in [3.05, 3.63) is 35.5 Å². The van der Waals surface area contributed by atoms with E-state index in [1.54, 1.807) is 11.3 Å². The molecule has 0 radical (unpaired) electrons. The van der Waals surface area contributed by atoms with Crippen molar-refractivity contribution in [2.45, 2.75) is 63.5 Å². The van der Waals surface area contributed by atoms with E-state index < -0.39 is 0 Å². The second kappa shape index (κ2) is 3.97. The molecule has 1 saturated carbocycles. The van der Waals surface area contributed by atoms with Crippen molar-refractivity contribution in [2.75, 3.05) is 0 Å². The van der Waals surface area contributed by atoms with Crippen LogP contribution in [-0.4, -0.2) is 16.6 Å². The largest absolute Gasteiger partial charge is 0.358 e. The average Bonchev–Trinajstić information content (AvgIpc) is 2.86. The predicted octanol–water partition coefficient (Wildman–Crippen LogP) is 4.15. The van der Waals surface area contributed by atoms with Gasteiger partial charge in [-0.15, -0.1) is 0 Å². The second-order valence-electron chi connectivity index (χ2n) is 8.70. The zero-order valence-corrected chi connectivity index (χ0v) is 13.9. The molecule has 5 rings (SSSR count). The number of aromatic amines is 1. The number of para-hydroxylation sites is 1. The number of aromatic nitrogens is 1. The molecule has 116 valence electrons. The molecule has 1 saturated heterocycles. The Morgan fingerprint density at radius 3 is 2.82 bits per heavy atom. The van der Waals surface area contributed by atoms with Crippen LogP contribution in [0.4, 0.5) is 0 Å². The molecule has 1 aliphatic heterocycles. The smallest absolute Gasteiger partial charge is 0.0459 e. The summed E-state index contributed by atoms with van der Waals surface area (Å²) in [5, 5.41) is 5.48. The molecule has 0 amide bonds. The summed E-state index contributed by atoms with van der Waals surface area (Å²) in [5.74, 6) is 1.63. The Hall–Kier alpha value is -1.28. The molecule has 2 heterocycles. The molecule has 1 aromatic heterocycles. The van der Waals surface area contributed by atoms with E-state index in [-0.39, 0.29) is 0 Å². The average molecular weight is 294 g/mol. The maximum absolute atomic E-state index is 4.03. The summed E-state index contributed by atoms with van der Waals surface area (Å²) < 4.78 is 0. The maximum Gasteiger partial charge on any atom is 0.0459 e. The highest BCUT2D eigenvalue weighted by atomic mass is 15.0. The Morgan fingerprint density at radius 1 is 1.14 bits per heavy atom. The molecule has 22 heavy (non-hydrogen) atoms. The Labute approximate surface area is 132 Å². The molecule has 2 heteroatoms. The van der Waals surface area contributed by atoms with Crippen LogP contribution in [0.5, 0.6) is 0 Å². The number of hydrogen-bond donors (Lipinski definition) is 2. The van der Waals surface area contributed by atoms with Crippen LogP contribution in [0.3, 0.4) is 0 Å². The number of rotatable bonds is 0. The summed E-state index contributed by atoms with van der Waals surface area (Å²) in [5.41, 5.74) is 5.09. The van der Waals surface area contributed by atoms with Gasteiger partial charge < -0.3 is 10.3 Å². The minimum Gasteiger partial charge on any atom is -0.358 e. The summed E-state index contributed by atoms with van der Waals surface area (Å²) in [6.07, 6.45) is 5.28. The monoisotopic (exact) mass is 294 g/mol. The fourth-order valence-corrected chi connectivity index (χ4v) is 5.93. The minimum atomic E-state index is 0.298. The lowest BCUT2D eigenvalue weighted by atomic mass is 9.52. The van der Waals surface area contributed by atoms with Gasteiger partial charge in [-0.3, -0.25) is 0 Å². The van der Waals surface area contributed by atoms with Crippen molar-refractivity contribution in [1.29, 1.82) is 0 Å². The molecule has 2 aromatic rings. The molecule has 0 spiro atoms. The van der Waals surface area contributed by atoms with E-state index in [9.17, 15) is 0 Å². The zero-order chi connectivity index (χ0) is 15.1. The van der Waals surface area contributed by atoms with Gasteiger partial charge in [0.1, 0.15) is 0 Å². The van der Waals surface area contributed by atoms with Crippen LogP contribution in [-0.2, 0) is 11.8 Å². The van der Waals surface area contributed by atoms with Crippen LogP contribution in [0.1, 0.15) is 51.3 Å². The quantitative estimate of drug-likeness (QED) is 0.750.